The van der Waals surface area contributed by atoms with Crippen LogP contribution >= 0.6 is 11.3 Å². The molecule has 0 saturated heterocycles. The van der Waals surface area contributed by atoms with Gasteiger partial charge in [-0.1, -0.05) is 32.8 Å². The van der Waals surface area contributed by atoms with Gasteiger partial charge < -0.3 is 10.6 Å². The minimum Gasteiger partial charge on any atom is -0.370 e. The second-order valence-electron chi connectivity index (χ2n) is 7.16. The van der Waals surface area contributed by atoms with Crippen LogP contribution in [0.25, 0.3) is 0 Å². The van der Waals surface area contributed by atoms with Crippen LogP contribution in [0.4, 0.5) is 0 Å². The lowest BCUT2D eigenvalue weighted by Gasteiger charge is -2.45. The Morgan fingerprint density at radius 3 is 3.10 bits per heavy atom. The van der Waals surface area contributed by atoms with E-state index in [9.17, 15) is 0 Å². The molecule has 1 saturated carbocycles. The number of aliphatic imine (C=N–C) groups is 1. The summed E-state index contributed by atoms with van der Waals surface area (Å²) in [6.07, 6.45) is 6.56. The summed E-state index contributed by atoms with van der Waals surface area (Å²) in [6.45, 7) is 6.51. The molecule has 0 amide bonds. The van der Waals surface area contributed by atoms with Crippen LogP contribution in [0.5, 0.6) is 0 Å². The SMILES string of the molecule is CC(C)CC1CCCC2(CN=C(N)N2Cc2cccs2)C1. The van der Waals surface area contributed by atoms with Gasteiger partial charge in [-0.15, -0.1) is 11.3 Å². The van der Waals surface area contributed by atoms with E-state index in [4.69, 9.17) is 5.73 Å². The molecule has 2 atom stereocenters. The predicted molar refractivity (Wildman–Crippen MR) is 90.5 cm³/mol. The van der Waals surface area contributed by atoms with Gasteiger partial charge >= 0.3 is 0 Å². The Balaban J connectivity index is 1.75. The second-order valence-corrected chi connectivity index (χ2v) is 8.19. The summed E-state index contributed by atoms with van der Waals surface area (Å²) in [4.78, 5) is 8.41. The zero-order valence-corrected chi connectivity index (χ0v) is 14.0. The van der Waals surface area contributed by atoms with E-state index in [1.54, 1.807) is 0 Å². The van der Waals surface area contributed by atoms with Crippen LogP contribution in [0.2, 0.25) is 0 Å². The monoisotopic (exact) mass is 305 g/mol. The summed E-state index contributed by atoms with van der Waals surface area (Å²) >= 11 is 1.82. The van der Waals surface area contributed by atoms with Gasteiger partial charge in [-0.3, -0.25) is 4.99 Å². The van der Waals surface area contributed by atoms with E-state index in [0.29, 0.717) is 0 Å². The van der Waals surface area contributed by atoms with Crippen molar-refractivity contribution in [2.45, 2.75) is 58.0 Å². The molecule has 1 aromatic rings. The quantitative estimate of drug-likeness (QED) is 0.918. The molecule has 1 aromatic heterocycles. The highest BCUT2D eigenvalue weighted by Gasteiger charge is 2.45. The van der Waals surface area contributed by atoms with Gasteiger partial charge in [0.05, 0.1) is 18.6 Å². The van der Waals surface area contributed by atoms with Crippen molar-refractivity contribution in [3.8, 4) is 0 Å². The fourth-order valence-corrected chi connectivity index (χ4v) is 4.86. The molecule has 1 aliphatic carbocycles. The summed E-state index contributed by atoms with van der Waals surface area (Å²) in [5.74, 6) is 2.38. The van der Waals surface area contributed by atoms with Crippen LogP contribution in [0.3, 0.4) is 0 Å². The normalized spacial score (nSPS) is 29.4. The third-order valence-electron chi connectivity index (χ3n) is 5.01. The molecule has 0 radical (unpaired) electrons. The zero-order valence-electron chi connectivity index (χ0n) is 13.2. The smallest absolute Gasteiger partial charge is 0.192 e. The van der Waals surface area contributed by atoms with Crippen molar-refractivity contribution in [2.24, 2.45) is 22.6 Å². The van der Waals surface area contributed by atoms with Crippen molar-refractivity contribution in [1.29, 1.82) is 0 Å². The molecule has 2 unspecified atom stereocenters. The fourth-order valence-electron chi connectivity index (χ4n) is 4.17. The lowest BCUT2D eigenvalue weighted by molar-refractivity contribution is 0.0950. The number of rotatable bonds is 4. The summed E-state index contributed by atoms with van der Waals surface area (Å²) in [6, 6.07) is 4.33. The molecule has 21 heavy (non-hydrogen) atoms. The zero-order chi connectivity index (χ0) is 14.9. The number of hydrogen-bond donors (Lipinski definition) is 1. The van der Waals surface area contributed by atoms with Crippen molar-refractivity contribution in [3.63, 3.8) is 0 Å². The first-order valence-electron chi connectivity index (χ1n) is 8.19. The summed E-state index contributed by atoms with van der Waals surface area (Å²) in [7, 11) is 0. The summed E-state index contributed by atoms with van der Waals surface area (Å²) in [5, 5.41) is 2.15. The molecule has 1 fully saturated rings. The molecule has 116 valence electrons. The van der Waals surface area contributed by atoms with Gasteiger partial charge in [-0.25, -0.2) is 0 Å². The summed E-state index contributed by atoms with van der Waals surface area (Å²) in [5.41, 5.74) is 6.43. The highest BCUT2D eigenvalue weighted by molar-refractivity contribution is 7.09. The number of guanidine groups is 1. The number of nitrogens with zero attached hydrogens (tertiary/aromatic N) is 2. The molecular formula is C17H27N3S. The summed E-state index contributed by atoms with van der Waals surface area (Å²) < 4.78 is 0. The topological polar surface area (TPSA) is 41.6 Å². The Morgan fingerprint density at radius 2 is 2.38 bits per heavy atom. The fraction of sp³-hybridized carbons (Fsp3) is 0.706. The first kappa shape index (κ1) is 14.9. The van der Waals surface area contributed by atoms with Gasteiger partial charge in [-0.2, -0.15) is 0 Å². The first-order valence-corrected chi connectivity index (χ1v) is 9.07. The van der Waals surface area contributed by atoms with Crippen molar-refractivity contribution in [2.75, 3.05) is 6.54 Å². The minimum atomic E-state index is 0.200. The van der Waals surface area contributed by atoms with Gasteiger partial charge in [0.15, 0.2) is 5.96 Å². The largest absolute Gasteiger partial charge is 0.370 e. The van der Waals surface area contributed by atoms with E-state index in [2.05, 4.69) is 41.3 Å². The van der Waals surface area contributed by atoms with Crippen molar-refractivity contribution < 1.29 is 0 Å². The molecule has 1 spiro atoms. The molecular weight excluding hydrogens is 278 g/mol. The minimum absolute atomic E-state index is 0.200. The van der Waals surface area contributed by atoms with E-state index in [-0.39, 0.29) is 5.54 Å². The molecule has 3 rings (SSSR count). The van der Waals surface area contributed by atoms with Gasteiger partial charge in [0.2, 0.25) is 0 Å². The molecule has 0 aromatic carbocycles. The van der Waals surface area contributed by atoms with Gasteiger partial charge in [0, 0.05) is 4.88 Å². The molecule has 0 bridgehead atoms. The second kappa shape index (κ2) is 5.99. The Labute approximate surface area is 132 Å². The van der Waals surface area contributed by atoms with Crippen molar-refractivity contribution in [1.82, 2.24) is 4.90 Å². The van der Waals surface area contributed by atoms with Crippen molar-refractivity contribution >= 4 is 17.3 Å². The van der Waals surface area contributed by atoms with E-state index < -0.39 is 0 Å². The van der Waals surface area contributed by atoms with E-state index >= 15 is 0 Å². The number of thiophene rings is 1. The molecule has 1 aliphatic heterocycles. The number of nitrogens with two attached hydrogens (primary N) is 1. The van der Waals surface area contributed by atoms with Gasteiger partial charge in [0.1, 0.15) is 0 Å². The van der Waals surface area contributed by atoms with Crippen LogP contribution in [0, 0.1) is 11.8 Å². The van der Waals surface area contributed by atoms with Crippen molar-refractivity contribution in [3.05, 3.63) is 22.4 Å². The van der Waals surface area contributed by atoms with Crippen LogP contribution in [0.1, 0.15) is 50.8 Å². The maximum absolute atomic E-state index is 6.23. The van der Waals surface area contributed by atoms with Crippen LogP contribution in [-0.4, -0.2) is 22.9 Å². The highest BCUT2D eigenvalue weighted by atomic mass is 32.1. The lowest BCUT2D eigenvalue weighted by atomic mass is 9.72. The molecule has 4 heteroatoms. The molecule has 2 aliphatic rings. The van der Waals surface area contributed by atoms with E-state index in [0.717, 1.165) is 30.9 Å². The number of hydrogen-bond acceptors (Lipinski definition) is 4. The van der Waals surface area contributed by atoms with E-state index in [1.165, 1.54) is 37.0 Å². The Hall–Kier alpha value is -1.03. The standard InChI is InChI=1S/C17H27N3S/c1-13(2)9-14-5-3-7-17(10-14)12-19-16(18)20(17)11-15-6-4-8-21-15/h4,6,8,13-14H,3,5,7,9-12H2,1-2H3,(H2,18,19). The van der Waals surface area contributed by atoms with Gasteiger partial charge in [0.25, 0.3) is 0 Å². The third-order valence-corrected chi connectivity index (χ3v) is 5.87. The Bertz CT molecular complexity index is 494. The van der Waals surface area contributed by atoms with Gasteiger partial charge in [-0.05, 0) is 42.5 Å². The Morgan fingerprint density at radius 1 is 1.52 bits per heavy atom. The van der Waals surface area contributed by atoms with Crippen LogP contribution in [0.15, 0.2) is 22.5 Å². The molecule has 2 N–H and O–H groups in total. The maximum Gasteiger partial charge on any atom is 0.192 e. The lowest BCUT2D eigenvalue weighted by Crippen LogP contribution is -2.53. The predicted octanol–water partition coefficient (Wildman–Crippen LogP) is 3.85. The van der Waals surface area contributed by atoms with Crippen LogP contribution in [-0.2, 0) is 6.54 Å². The van der Waals surface area contributed by atoms with E-state index in [1.807, 2.05) is 11.3 Å². The average Bonchev–Trinajstić information content (AvgIpc) is 3.03. The molecule has 2 heterocycles. The highest BCUT2D eigenvalue weighted by Crippen LogP contribution is 2.42. The molecule has 3 nitrogen and oxygen atoms in total. The third kappa shape index (κ3) is 3.10. The maximum atomic E-state index is 6.23. The Kier molecular flexibility index (Phi) is 4.25. The first-order chi connectivity index (χ1) is 10.1. The van der Waals surface area contributed by atoms with Crippen LogP contribution < -0.4 is 5.73 Å². The average molecular weight is 305 g/mol.